The summed E-state index contributed by atoms with van der Waals surface area (Å²) < 4.78 is 17.4. The highest BCUT2D eigenvalue weighted by molar-refractivity contribution is 5.78. The third kappa shape index (κ3) is 5.12. The second-order valence-corrected chi connectivity index (χ2v) is 7.73. The minimum absolute atomic E-state index is 0.411. The van der Waals surface area contributed by atoms with Gasteiger partial charge in [-0.1, -0.05) is 42.5 Å². The number of pyridine rings is 1. The predicted octanol–water partition coefficient (Wildman–Crippen LogP) is 4.51. The highest BCUT2D eigenvalue weighted by Gasteiger charge is 2.09. The molecule has 5 rings (SSSR count). The standard InChI is InChI=1S/C26H23N5O3/c1-32-25-14-19(15-26-28-30-31-29-26)8-13-24(25)34-16-18-6-11-22(12-7-18)33-17-21-10-9-20-4-2-3-5-23(20)27-21/h2-14H,15-17H2,1H3,(H,28,29,30,31). The molecule has 0 aliphatic carbocycles. The molecule has 0 spiro atoms. The molecule has 5 aromatic rings. The van der Waals surface area contributed by atoms with Gasteiger partial charge in [0.1, 0.15) is 19.0 Å². The largest absolute Gasteiger partial charge is 0.493 e. The van der Waals surface area contributed by atoms with Crippen molar-refractivity contribution in [1.29, 1.82) is 0 Å². The van der Waals surface area contributed by atoms with Gasteiger partial charge in [-0.2, -0.15) is 0 Å². The molecule has 2 aromatic heterocycles. The fourth-order valence-corrected chi connectivity index (χ4v) is 3.58. The van der Waals surface area contributed by atoms with Gasteiger partial charge in [-0.15, -0.1) is 5.10 Å². The normalized spacial score (nSPS) is 10.9. The summed E-state index contributed by atoms with van der Waals surface area (Å²) in [5.41, 5.74) is 3.90. The molecule has 34 heavy (non-hydrogen) atoms. The number of aromatic nitrogens is 5. The molecular weight excluding hydrogens is 430 g/mol. The highest BCUT2D eigenvalue weighted by Crippen LogP contribution is 2.29. The number of para-hydroxylation sites is 1. The molecule has 0 saturated carbocycles. The monoisotopic (exact) mass is 453 g/mol. The van der Waals surface area contributed by atoms with Crippen molar-refractivity contribution in [1.82, 2.24) is 25.6 Å². The van der Waals surface area contributed by atoms with E-state index in [9.17, 15) is 0 Å². The number of aromatic amines is 1. The van der Waals surface area contributed by atoms with Gasteiger partial charge in [0.15, 0.2) is 17.3 Å². The minimum atomic E-state index is 0.411. The summed E-state index contributed by atoms with van der Waals surface area (Å²) >= 11 is 0. The zero-order chi connectivity index (χ0) is 23.2. The van der Waals surface area contributed by atoms with Crippen LogP contribution in [0, 0.1) is 0 Å². The van der Waals surface area contributed by atoms with Gasteiger partial charge < -0.3 is 14.2 Å². The lowest BCUT2D eigenvalue weighted by Gasteiger charge is -2.12. The van der Waals surface area contributed by atoms with Gasteiger partial charge in [0, 0.05) is 11.8 Å². The van der Waals surface area contributed by atoms with Crippen LogP contribution in [0.2, 0.25) is 0 Å². The molecule has 0 atom stereocenters. The molecule has 0 fully saturated rings. The Bertz CT molecular complexity index is 1370. The number of nitrogens with zero attached hydrogens (tertiary/aromatic N) is 4. The van der Waals surface area contributed by atoms with Gasteiger partial charge in [0.25, 0.3) is 0 Å². The Morgan fingerprint density at radius 3 is 2.47 bits per heavy atom. The number of hydrogen-bond acceptors (Lipinski definition) is 7. The lowest BCUT2D eigenvalue weighted by Crippen LogP contribution is -2.00. The summed E-state index contributed by atoms with van der Waals surface area (Å²) in [6.07, 6.45) is 0.583. The lowest BCUT2D eigenvalue weighted by molar-refractivity contribution is 0.283. The summed E-state index contributed by atoms with van der Waals surface area (Å²) in [4.78, 5) is 4.65. The van der Waals surface area contributed by atoms with Crippen molar-refractivity contribution in [2.24, 2.45) is 0 Å². The lowest BCUT2D eigenvalue weighted by atomic mass is 10.1. The summed E-state index contributed by atoms with van der Waals surface area (Å²) in [7, 11) is 1.62. The average Bonchev–Trinajstić information content (AvgIpc) is 3.40. The number of benzene rings is 3. The second kappa shape index (κ2) is 9.99. The van der Waals surface area contributed by atoms with Crippen LogP contribution in [0.25, 0.3) is 10.9 Å². The molecule has 0 aliphatic heterocycles. The highest BCUT2D eigenvalue weighted by atomic mass is 16.5. The number of ether oxygens (including phenoxy) is 3. The van der Waals surface area contributed by atoms with Gasteiger partial charge in [-0.25, -0.2) is 10.1 Å². The van der Waals surface area contributed by atoms with Crippen LogP contribution in [-0.2, 0) is 19.6 Å². The van der Waals surface area contributed by atoms with E-state index in [0.29, 0.717) is 37.0 Å². The quantitative estimate of drug-likeness (QED) is 0.351. The van der Waals surface area contributed by atoms with E-state index >= 15 is 0 Å². The molecule has 0 bridgehead atoms. The molecule has 0 radical (unpaired) electrons. The van der Waals surface area contributed by atoms with Crippen molar-refractivity contribution in [3.8, 4) is 17.2 Å². The summed E-state index contributed by atoms with van der Waals surface area (Å²) in [6.45, 7) is 0.822. The van der Waals surface area contributed by atoms with Crippen LogP contribution >= 0.6 is 0 Å². The number of nitrogens with one attached hydrogen (secondary N) is 1. The second-order valence-electron chi connectivity index (χ2n) is 7.73. The van der Waals surface area contributed by atoms with Gasteiger partial charge in [0.2, 0.25) is 0 Å². The van der Waals surface area contributed by atoms with Crippen LogP contribution in [0.4, 0.5) is 0 Å². The molecular formula is C26H23N5O3. The van der Waals surface area contributed by atoms with Crippen molar-refractivity contribution in [2.45, 2.75) is 19.6 Å². The summed E-state index contributed by atoms with van der Waals surface area (Å²) in [6, 6.07) is 25.7. The Labute approximate surface area is 196 Å². The first-order chi connectivity index (χ1) is 16.8. The zero-order valence-corrected chi connectivity index (χ0v) is 18.6. The number of hydrogen-bond donors (Lipinski definition) is 1. The summed E-state index contributed by atoms with van der Waals surface area (Å²) in [5, 5.41) is 15.0. The van der Waals surface area contributed by atoms with Gasteiger partial charge in [0.05, 0.1) is 18.3 Å². The molecule has 8 nitrogen and oxygen atoms in total. The Balaban J connectivity index is 1.17. The van der Waals surface area contributed by atoms with E-state index in [1.807, 2.05) is 72.8 Å². The summed E-state index contributed by atoms with van der Waals surface area (Å²) in [5.74, 6) is 2.80. The maximum absolute atomic E-state index is 5.99. The molecule has 3 aromatic carbocycles. The van der Waals surface area contributed by atoms with Crippen molar-refractivity contribution in [3.05, 3.63) is 102 Å². The van der Waals surface area contributed by atoms with E-state index in [2.05, 4.69) is 31.7 Å². The van der Waals surface area contributed by atoms with Gasteiger partial charge in [-0.3, -0.25) is 0 Å². The number of tetrazole rings is 1. The fraction of sp³-hybridized carbons (Fsp3) is 0.154. The predicted molar refractivity (Wildman–Crippen MR) is 127 cm³/mol. The van der Waals surface area contributed by atoms with E-state index in [4.69, 9.17) is 14.2 Å². The van der Waals surface area contributed by atoms with E-state index < -0.39 is 0 Å². The smallest absolute Gasteiger partial charge is 0.161 e. The van der Waals surface area contributed by atoms with E-state index in [0.717, 1.165) is 33.5 Å². The van der Waals surface area contributed by atoms with Crippen molar-refractivity contribution >= 4 is 10.9 Å². The van der Waals surface area contributed by atoms with Crippen molar-refractivity contribution in [3.63, 3.8) is 0 Å². The number of fused-ring (bicyclic) bond motifs is 1. The van der Waals surface area contributed by atoms with Crippen molar-refractivity contribution < 1.29 is 14.2 Å². The molecule has 2 heterocycles. The minimum Gasteiger partial charge on any atom is -0.493 e. The fourth-order valence-electron chi connectivity index (χ4n) is 3.58. The van der Waals surface area contributed by atoms with Crippen LogP contribution in [0.15, 0.2) is 78.9 Å². The first kappa shape index (κ1) is 21.4. The first-order valence-electron chi connectivity index (χ1n) is 10.9. The Kier molecular flexibility index (Phi) is 6.29. The zero-order valence-electron chi connectivity index (χ0n) is 18.6. The van der Waals surface area contributed by atoms with Gasteiger partial charge >= 0.3 is 0 Å². The van der Waals surface area contributed by atoms with Crippen LogP contribution < -0.4 is 14.2 Å². The van der Waals surface area contributed by atoms with Crippen molar-refractivity contribution in [2.75, 3.05) is 7.11 Å². The topological polar surface area (TPSA) is 95.0 Å². The van der Waals surface area contributed by atoms with Crippen LogP contribution in [-0.4, -0.2) is 32.7 Å². The number of rotatable bonds is 9. The maximum atomic E-state index is 5.99. The number of methoxy groups -OCH3 is 1. The molecule has 0 amide bonds. The molecule has 170 valence electrons. The van der Waals surface area contributed by atoms with E-state index in [-0.39, 0.29) is 0 Å². The molecule has 1 N–H and O–H groups in total. The molecule has 0 saturated heterocycles. The Hall–Kier alpha value is -4.46. The molecule has 0 unspecified atom stereocenters. The van der Waals surface area contributed by atoms with Crippen LogP contribution in [0.3, 0.4) is 0 Å². The Morgan fingerprint density at radius 2 is 1.65 bits per heavy atom. The first-order valence-corrected chi connectivity index (χ1v) is 10.9. The Morgan fingerprint density at radius 1 is 0.794 bits per heavy atom. The average molecular weight is 454 g/mol. The number of H-pyrrole nitrogens is 1. The molecule has 0 aliphatic rings. The third-order valence-electron chi connectivity index (χ3n) is 5.35. The molecule has 8 heteroatoms. The third-order valence-corrected chi connectivity index (χ3v) is 5.35. The van der Waals surface area contributed by atoms with Gasteiger partial charge in [-0.05, 0) is 58.0 Å². The SMILES string of the molecule is COc1cc(Cc2nnn[nH]2)ccc1OCc1ccc(OCc2ccc3ccccc3n2)cc1. The van der Waals surface area contributed by atoms with E-state index in [1.54, 1.807) is 7.11 Å². The van der Waals surface area contributed by atoms with Crippen LogP contribution in [0.1, 0.15) is 22.6 Å². The van der Waals surface area contributed by atoms with E-state index in [1.165, 1.54) is 0 Å². The maximum Gasteiger partial charge on any atom is 0.161 e. The van der Waals surface area contributed by atoms with Crippen LogP contribution in [0.5, 0.6) is 17.2 Å².